The van der Waals surface area contributed by atoms with E-state index in [-0.39, 0.29) is 0 Å². The van der Waals surface area contributed by atoms with Gasteiger partial charge in [-0.2, -0.15) is 4.98 Å². The first-order valence-corrected chi connectivity index (χ1v) is 8.71. The van der Waals surface area contributed by atoms with E-state index in [4.69, 9.17) is 9.26 Å². The van der Waals surface area contributed by atoms with Gasteiger partial charge in [-0.1, -0.05) is 18.5 Å². The van der Waals surface area contributed by atoms with E-state index in [9.17, 15) is 0 Å². The van der Waals surface area contributed by atoms with Crippen LogP contribution in [-0.4, -0.2) is 65.4 Å². The number of rotatable bonds is 5. The fourth-order valence-electron chi connectivity index (χ4n) is 3.35. The second-order valence-electron chi connectivity index (χ2n) is 6.40. The van der Waals surface area contributed by atoms with Crippen LogP contribution >= 0.6 is 0 Å². The van der Waals surface area contributed by atoms with Crippen LogP contribution in [0, 0.1) is 0 Å². The molecule has 1 atom stereocenters. The number of hydrogen-bond donors (Lipinski definition) is 0. The maximum absolute atomic E-state index is 6.05. The minimum Gasteiger partial charge on any atom is -0.376 e. The van der Waals surface area contributed by atoms with Gasteiger partial charge < -0.3 is 14.2 Å². The van der Waals surface area contributed by atoms with Gasteiger partial charge in [0.15, 0.2) is 5.82 Å². The molecule has 1 unspecified atom stereocenters. The third-order valence-corrected chi connectivity index (χ3v) is 4.52. The third-order valence-electron chi connectivity index (χ3n) is 4.52. The Morgan fingerprint density at radius 3 is 2.68 bits per heavy atom. The highest BCUT2D eigenvalue weighted by molar-refractivity contribution is 4.87. The van der Waals surface area contributed by atoms with Crippen LogP contribution in [0.3, 0.4) is 0 Å². The highest BCUT2D eigenvalue weighted by Crippen LogP contribution is 2.14. The van der Waals surface area contributed by atoms with Crippen LogP contribution in [0.2, 0.25) is 0 Å². The molecule has 0 N–H and O–H groups in total. The van der Waals surface area contributed by atoms with E-state index in [1.54, 1.807) is 0 Å². The van der Waals surface area contributed by atoms with Gasteiger partial charge in [0.05, 0.1) is 12.6 Å². The zero-order valence-electron chi connectivity index (χ0n) is 13.7. The Labute approximate surface area is 132 Å². The molecule has 0 bridgehead atoms. The molecule has 2 aliphatic heterocycles. The van der Waals surface area contributed by atoms with Crippen molar-refractivity contribution in [1.82, 2.24) is 19.9 Å². The van der Waals surface area contributed by atoms with Crippen molar-refractivity contribution in [2.45, 2.75) is 51.7 Å². The van der Waals surface area contributed by atoms with Crippen LogP contribution in [0.15, 0.2) is 4.52 Å². The monoisotopic (exact) mass is 308 g/mol. The van der Waals surface area contributed by atoms with Crippen molar-refractivity contribution in [2.75, 3.05) is 39.3 Å². The smallest absolute Gasteiger partial charge is 0.226 e. The number of hydrogen-bond acceptors (Lipinski definition) is 6. The molecular weight excluding hydrogens is 280 g/mol. The molecule has 124 valence electrons. The highest BCUT2D eigenvalue weighted by Gasteiger charge is 2.23. The minimum absolute atomic E-state index is 0.304. The lowest BCUT2D eigenvalue weighted by Crippen LogP contribution is -2.42. The number of likely N-dealkylation sites (tertiary alicyclic amines) is 1. The van der Waals surface area contributed by atoms with Gasteiger partial charge in [0.2, 0.25) is 5.89 Å². The fraction of sp³-hybridized carbons (Fsp3) is 0.875. The number of nitrogens with zero attached hydrogens (tertiary/aromatic N) is 4. The Balaban J connectivity index is 1.52. The topological polar surface area (TPSA) is 54.6 Å². The molecule has 0 radical (unpaired) electrons. The summed E-state index contributed by atoms with van der Waals surface area (Å²) < 4.78 is 11.3. The molecule has 0 amide bonds. The average molecular weight is 308 g/mol. The van der Waals surface area contributed by atoms with Gasteiger partial charge >= 0.3 is 0 Å². The zero-order valence-corrected chi connectivity index (χ0v) is 13.7. The lowest BCUT2D eigenvalue weighted by molar-refractivity contribution is 0.0214. The van der Waals surface area contributed by atoms with E-state index >= 15 is 0 Å². The van der Waals surface area contributed by atoms with Crippen LogP contribution in [0.5, 0.6) is 0 Å². The summed E-state index contributed by atoms with van der Waals surface area (Å²) in [4.78, 5) is 9.39. The summed E-state index contributed by atoms with van der Waals surface area (Å²) in [5.74, 6) is 1.53. The summed E-state index contributed by atoms with van der Waals surface area (Å²) in [6, 6.07) is 0. The lowest BCUT2D eigenvalue weighted by Gasteiger charge is -2.31. The molecule has 6 nitrogen and oxygen atoms in total. The van der Waals surface area contributed by atoms with Gasteiger partial charge in [-0.3, -0.25) is 4.90 Å². The molecular formula is C16H28N4O2. The second kappa shape index (κ2) is 8.04. The van der Waals surface area contributed by atoms with Crippen molar-refractivity contribution in [3.8, 4) is 0 Å². The summed E-state index contributed by atoms with van der Waals surface area (Å²) in [5.41, 5.74) is 0. The van der Waals surface area contributed by atoms with Gasteiger partial charge in [-0.15, -0.1) is 0 Å². The molecule has 0 aromatic carbocycles. The summed E-state index contributed by atoms with van der Waals surface area (Å²) in [7, 11) is 0. The van der Waals surface area contributed by atoms with Crippen molar-refractivity contribution in [1.29, 1.82) is 0 Å². The van der Waals surface area contributed by atoms with Crippen molar-refractivity contribution >= 4 is 0 Å². The largest absolute Gasteiger partial charge is 0.376 e. The standard InChI is InChI=1S/C16H28N4O2/c1-2-16-17-15(18-22-16)13-20-9-6-10-21-14(12-20)11-19-7-4-3-5-8-19/h14H,2-13H2,1H3. The van der Waals surface area contributed by atoms with Gasteiger partial charge in [-0.25, -0.2) is 0 Å². The Bertz CT molecular complexity index is 445. The molecule has 2 fully saturated rings. The second-order valence-corrected chi connectivity index (χ2v) is 6.40. The van der Waals surface area contributed by atoms with E-state index in [0.717, 1.165) is 57.3 Å². The summed E-state index contributed by atoms with van der Waals surface area (Å²) in [6.07, 6.45) is 6.23. The van der Waals surface area contributed by atoms with E-state index in [1.165, 1.54) is 32.4 Å². The van der Waals surface area contributed by atoms with Gasteiger partial charge in [0.25, 0.3) is 0 Å². The number of ether oxygens (including phenoxy) is 1. The Hall–Kier alpha value is -0.980. The Kier molecular flexibility index (Phi) is 5.81. The number of aryl methyl sites for hydroxylation is 1. The molecule has 22 heavy (non-hydrogen) atoms. The first kappa shape index (κ1) is 15.9. The van der Waals surface area contributed by atoms with E-state index < -0.39 is 0 Å². The quantitative estimate of drug-likeness (QED) is 0.825. The maximum atomic E-state index is 6.05. The molecule has 2 saturated heterocycles. The maximum Gasteiger partial charge on any atom is 0.226 e. The van der Waals surface area contributed by atoms with E-state index in [1.807, 2.05) is 6.92 Å². The van der Waals surface area contributed by atoms with Crippen LogP contribution in [0.25, 0.3) is 0 Å². The van der Waals surface area contributed by atoms with Crippen LogP contribution in [0.4, 0.5) is 0 Å². The van der Waals surface area contributed by atoms with Crippen LogP contribution in [-0.2, 0) is 17.7 Å². The summed E-state index contributed by atoms with van der Waals surface area (Å²) in [6.45, 7) is 9.19. The van der Waals surface area contributed by atoms with Gasteiger partial charge in [0.1, 0.15) is 0 Å². The van der Waals surface area contributed by atoms with Gasteiger partial charge in [-0.05, 0) is 32.4 Å². The number of piperidine rings is 1. The van der Waals surface area contributed by atoms with E-state index in [2.05, 4.69) is 19.9 Å². The van der Waals surface area contributed by atoms with Gasteiger partial charge in [0, 0.05) is 32.7 Å². The minimum atomic E-state index is 0.304. The van der Waals surface area contributed by atoms with E-state index in [0.29, 0.717) is 6.10 Å². The summed E-state index contributed by atoms with van der Waals surface area (Å²) >= 11 is 0. The van der Waals surface area contributed by atoms with Crippen molar-refractivity contribution < 1.29 is 9.26 Å². The van der Waals surface area contributed by atoms with Crippen molar-refractivity contribution in [3.63, 3.8) is 0 Å². The normalized spacial score (nSPS) is 25.2. The molecule has 0 spiro atoms. The predicted molar refractivity (Wildman–Crippen MR) is 83.6 cm³/mol. The molecule has 1 aromatic heterocycles. The molecule has 6 heteroatoms. The highest BCUT2D eigenvalue weighted by atomic mass is 16.5. The third kappa shape index (κ3) is 4.51. The van der Waals surface area contributed by atoms with Crippen molar-refractivity contribution in [2.24, 2.45) is 0 Å². The van der Waals surface area contributed by atoms with Crippen LogP contribution < -0.4 is 0 Å². The average Bonchev–Trinajstić information content (AvgIpc) is 2.88. The zero-order chi connectivity index (χ0) is 15.2. The summed E-state index contributed by atoms with van der Waals surface area (Å²) in [5, 5.41) is 4.07. The molecule has 0 aliphatic carbocycles. The first-order valence-electron chi connectivity index (χ1n) is 8.71. The van der Waals surface area contributed by atoms with Crippen LogP contribution in [0.1, 0.15) is 44.3 Å². The first-order chi connectivity index (χ1) is 10.8. The predicted octanol–water partition coefficient (Wildman–Crippen LogP) is 1.71. The molecule has 3 rings (SSSR count). The molecule has 0 saturated carbocycles. The molecule has 3 heterocycles. The Morgan fingerprint density at radius 2 is 1.91 bits per heavy atom. The Morgan fingerprint density at radius 1 is 1.09 bits per heavy atom. The molecule has 1 aromatic rings. The fourth-order valence-corrected chi connectivity index (χ4v) is 3.35. The lowest BCUT2D eigenvalue weighted by atomic mass is 10.1. The SMILES string of the molecule is CCc1nc(CN2CCCOC(CN3CCCCC3)C2)no1. The molecule has 2 aliphatic rings. The van der Waals surface area contributed by atoms with Crippen molar-refractivity contribution in [3.05, 3.63) is 11.7 Å². The number of aromatic nitrogens is 2.